The minimum absolute atomic E-state index is 0.131. The van der Waals surface area contributed by atoms with Crippen LogP contribution in [0.2, 0.25) is 0 Å². The van der Waals surface area contributed by atoms with Crippen molar-refractivity contribution in [3.63, 3.8) is 0 Å². The molecule has 0 aliphatic heterocycles. The van der Waals surface area contributed by atoms with Gasteiger partial charge in [-0.05, 0) is 67.9 Å². The molecule has 0 saturated carbocycles. The minimum Gasteiger partial charge on any atom is -0.497 e. The van der Waals surface area contributed by atoms with E-state index in [1.165, 1.54) is 0 Å². The van der Waals surface area contributed by atoms with Crippen LogP contribution in [0.3, 0.4) is 0 Å². The Labute approximate surface area is 147 Å². The Hall–Kier alpha value is -3.02. The number of hydrazone groups is 1. The van der Waals surface area contributed by atoms with E-state index in [0.717, 1.165) is 28.5 Å². The summed E-state index contributed by atoms with van der Waals surface area (Å²) in [7, 11) is 1.61. The zero-order valence-corrected chi connectivity index (χ0v) is 14.7. The van der Waals surface area contributed by atoms with Crippen LogP contribution in [0.25, 0.3) is 0 Å². The van der Waals surface area contributed by atoms with Gasteiger partial charge >= 0.3 is 0 Å². The topological polar surface area (TPSA) is 72.0 Å². The first-order valence-corrected chi connectivity index (χ1v) is 8.06. The van der Waals surface area contributed by atoms with E-state index in [1.807, 2.05) is 62.4 Å². The molecule has 2 aromatic carbocycles. The van der Waals surface area contributed by atoms with Gasteiger partial charge in [0.1, 0.15) is 11.5 Å². The number of rotatable bonds is 8. The Kier molecular flexibility index (Phi) is 6.83. The molecule has 132 valence electrons. The summed E-state index contributed by atoms with van der Waals surface area (Å²) in [6.45, 7) is 4.54. The van der Waals surface area contributed by atoms with E-state index in [4.69, 9.17) is 9.47 Å². The molecule has 0 spiro atoms. The van der Waals surface area contributed by atoms with Gasteiger partial charge in [-0.25, -0.2) is 5.43 Å². The molecule has 0 aromatic heterocycles. The minimum atomic E-state index is -0.221. The second kappa shape index (κ2) is 9.32. The first-order chi connectivity index (χ1) is 12.1. The van der Waals surface area contributed by atoms with Crippen LogP contribution in [0.4, 0.5) is 5.69 Å². The largest absolute Gasteiger partial charge is 0.497 e. The molecule has 6 nitrogen and oxygen atoms in total. The third-order valence-electron chi connectivity index (χ3n) is 3.47. The number of methoxy groups -OCH3 is 1. The highest BCUT2D eigenvalue weighted by Gasteiger charge is 2.02. The van der Waals surface area contributed by atoms with Gasteiger partial charge in [0.05, 0.1) is 26.0 Å². The second-order valence-corrected chi connectivity index (χ2v) is 5.27. The molecule has 2 rings (SSSR count). The van der Waals surface area contributed by atoms with Gasteiger partial charge in [-0.15, -0.1) is 0 Å². The Morgan fingerprint density at radius 1 is 1.04 bits per heavy atom. The maximum absolute atomic E-state index is 11.9. The summed E-state index contributed by atoms with van der Waals surface area (Å²) in [4.78, 5) is 11.9. The third kappa shape index (κ3) is 5.84. The molecule has 2 N–H and O–H groups in total. The molecule has 1 amide bonds. The number of nitrogens with zero attached hydrogens (tertiary/aromatic N) is 1. The maximum Gasteiger partial charge on any atom is 0.259 e. The lowest BCUT2D eigenvalue weighted by Crippen LogP contribution is -2.26. The standard InChI is InChI=1S/C19H23N3O3/c1-4-25-18-9-5-15(6-10-18)14(2)21-22-19(23)13-20-16-7-11-17(24-3)12-8-16/h5-12,20H,4,13H2,1-3H3,(H,22,23)/b21-14-. The Bertz CT molecular complexity index is 710. The summed E-state index contributed by atoms with van der Waals surface area (Å²) in [6, 6.07) is 14.9. The lowest BCUT2D eigenvalue weighted by molar-refractivity contribution is -0.119. The average molecular weight is 341 g/mol. The molecule has 0 saturated heterocycles. The van der Waals surface area contributed by atoms with Gasteiger partial charge < -0.3 is 14.8 Å². The number of carbonyl (C=O) groups is 1. The molecular weight excluding hydrogens is 318 g/mol. The molecule has 0 heterocycles. The molecule has 0 aliphatic rings. The zero-order chi connectivity index (χ0) is 18.1. The molecule has 0 aliphatic carbocycles. The smallest absolute Gasteiger partial charge is 0.259 e. The van der Waals surface area contributed by atoms with Crippen LogP contribution in [-0.4, -0.2) is 31.9 Å². The number of anilines is 1. The van der Waals surface area contributed by atoms with E-state index in [9.17, 15) is 4.79 Å². The van der Waals surface area contributed by atoms with Gasteiger partial charge in [0.25, 0.3) is 5.91 Å². The van der Waals surface area contributed by atoms with Gasteiger partial charge in [0.2, 0.25) is 0 Å². The van der Waals surface area contributed by atoms with Crippen LogP contribution in [0.1, 0.15) is 19.4 Å². The predicted octanol–water partition coefficient (Wildman–Crippen LogP) is 3.05. The lowest BCUT2D eigenvalue weighted by Gasteiger charge is -2.07. The van der Waals surface area contributed by atoms with Crippen LogP contribution in [0, 0.1) is 0 Å². The zero-order valence-electron chi connectivity index (χ0n) is 14.7. The number of nitrogens with one attached hydrogen (secondary N) is 2. The SMILES string of the molecule is CCOc1ccc(/C(C)=N\NC(=O)CNc2ccc(OC)cc2)cc1. The van der Waals surface area contributed by atoms with Crippen molar-refractivity contribution in [3.05, 3.63) is 54.1 Å². The van der Waals surface area contributed by atoms with Crippen LogP contribution < -0.4 is 20.2 Å². The Morgan fingerprint density at radius 2 is 1.68 bits per heavy atom. The molecular formula is C19H23N3O3. The molecule has 0 fully saturated rings. The number of carbonyl (C=O) groups excluding carboxylic acids is 1. The van der Waals surface area contributed by atoms with Crippen molar-refractivity contribution in [1.82, 2.24) is 5.43 Å². The van der Waals surface area contributed by atoms with Crippen molar-refractivity contribution in [2.75, 3.05) is 25.6 Å². The lowest BCUT2D eigenvalue weighted by atomic mass is 10.1. The summed E-state index contributed by atoms with van der Waals surface area (Å²) in [5.74, 6) is 1.36. The van der Waals surface area contributed by atoms with Gasteiger partial charge in [-0.1, -0.05) is 0 Å². The van der Waals surface area contributed by atoms with Gasteiger partial charge in [0.15, 0.2) is 0 Å². The summed E-state index contributed by atoms with van der Waals surface area (Å²) in [5.41, 5.74) is 5.03. The molecule has 0 radical (unpaired) electrons. The number of hydrogen-bond acceptors (Lipinski definition) is 5. The maximum atomic E-state index is 11.9. The van der Waals surface area contributed by atoms with E-state index >= 15 is 0 Å². The first-order valence-electron chi connectivity index (χ1n) is 8.06. The summed E-state index contributed by atoms with van der Waals surface area (Å²) in [5, 5.41) is 7.15. The molecule has 0 atom stereocenters. The number of ether oxygens (including phenoxy) is 2. The number of hydrogen-bond donors (Lipinski definition) is 2. The van der Waals surface area contributed by atoms with Crippen LogP contribution in [0.15, 0.2) is 53.6 Å². The van der Waals surface area contributed by atoms with Crippen molar-refractivity contribution < 1.29 is 14.3 Å². The first kappa shape index (κ1) is 18.3. The van der Waals surface area contributed by atoms with E-state index < -0.39 is 0 Å². The Morgan fingerprint density at radius 3 is 2.28 bits per heavy atom. The molecule has 0 bridgehead atoms. The van der Waals surface area contributed by atoms with Crippen molar-refractivity contribution >= 4 is 17.3 Å². The fourth-order valence-corrected chi connectivity index (χ4v) is 2.10. The van der Waals surface area contributed by atoms with Gasteiger partial charge in [-0.3, -0.25) is 4.79 Å². The molecule has 25 heavy (non-hydrogen) atoms. The highest BCUT2D eigenvalue weighted by molar-refractivity contribution is 5.99. The van der Waals surface area contributed by atoms with Crippen molar-refractivity contribution in [2.24, 2.45) is 5.10 Å². The Balaban J connectivity index is 1.83. The van der Waals surface area contributed by atoms with E-state index in [-0.39, 0.29) is 12.5 Å². The van der Waals surface area contributed by atoms with Crippen LogP contribution in [0.5, 0.6) is 11.5 Å². The highest BCUT2D eigenvalue weighted by atomic mass is 16.5. The van der Waals surface area contributed by atoms with E-state index in [1.54, 1.807) is 7.11 Å². The highest BCUT2D eigenvalue weighted by Crippen LogP contribution is 2.14. The third-order valence-corrected chi connectivity index (χ3v) is 3.47. The fraction of sp³-hybridized carbons (Fsp3) is 0.263. The van der Waals surface area contributed by atoms with Crippen LogP contribution >= 0.6 is 0 Å². The van der Waals surface area contributed by atoms with Crippen molar-refractivity contribution in [2.45, 2.75) is 13.8 Å². The van der Waals surface area contributed by atoms with Crippen molar-refractivity contribution in [3.8, 4) is 11.5 Å². The van der Waals surface area contributed by atoms with Crippen LogP contribution in [-0.2, 0) is 4.79 Å². The number of benzene rings is 2. The quantitative estimate of drug-likeness (QED) is 0.572. The normalized spacial score (nSPS) is 10.9. The van der Waals surface area contributed by atoms with E-state index in [0.29, 0.717) is 6.61 Å². The van der Waals surface area contributed by atoms with Crippen molar-refractivity contribution in [1.29, 1.82) is 0 Å². The average Bonchev–Trinajstić information content (AvgIpc) is 2.65. The fourth-order valence-electron chi connectivity index (χ4n) is 2.10. The van der Waals surface area contributed by atoms with E-state index in [2.05, 4.69) is 15.8 Å². The predicted molar refractivity (Wildman–Crippen MR) is 99.4 cm³/mol. The molecule has 0 unspecified atom stereocenters. The second-order valence-electron chi connectivity index (χ2n) is 5.27. The summed E-state index contributed by atoms with van der Waals surface area (Å²) >= 11 is 0. The van der Waals surface area contributed by atoms with Gasteiger partial charge in [0, 0.05) is 5.69 Å². The van der Waals surface area contributed by atoms with Gasteiger partial charge in [-0.2, -0.15) is 5.10 Å². The monoisotopic (exact) mass is 341 g/mol. The molecule has 2 aromatic rings. The number of amides is 1. The molecule has 6 heteroatoms. The summed E-state index contributed by atoms with van der Waals surface area (Å²) < 4.78 is 10.5. The summed E-state index contributed by atoms with van der Waals surface area (Å²) in [6.07, 6.45) is 0.